The summed E-state index contributed by atoms with van der Waals surface area (Å²) >= 11 is 6.57. The smallest absolute Gasteiger partial charge is 0.251 e. The highest BCUT2D eigenvalue weighted by Crippen LogP contribution is 2.35. The number of likely N-dealkylation sites (N-methyl/N-ethyl adjacent to an activating group) is 1. The first-order valence-electron chi connectivity index (χ1n) is 14.2. The van der Waals surface area contributed by atoms with Crippen LogP contribution in [0.3, 0.4) is 0 Å². The quantitative estimate of drug-likeness (QED) is 0.185. The third-order valence-corrected chi connectivity index (χ3v) is 7.65. The number of benzene rings is 2. The lowest BCUT2D eigenvalue weighted by molar-refractivity contribution is -0.111. The van der Waals surface area contributed by atoms with Gasteiger partial charge in [0.1, 0.15) is 0 Å². The zero-order valence-electron chi connectivity index (χ0n) is 24.1. The molecule has 1 fully saturated rings. The first-order valence-corrected chi connectivity index (χ1v) is 14.5. The van der Waals surface area contributed by atoms with Gasteiger partial charge >= 0.3 is 0 Å². The molecule has 10 heteroatoms. The van der Waals surface area contributed by atoms with Gasteiger partial charge in [0.2, 0.25) is 11.9 Å². The molecule has 0 aliphatic heterocycles. The fraction of sp³-hybridized carbons (Fsp3) is 0.312. The van der Waals surface area contributed by atoms with Crippen LogP contribution in [0.1, 0.15) is 41.7 Å². The summed E-state index contributed by atoms with van der Waals surface area (Å²) in [6, 6.07) is 15.2. The van der Waals surface area contributed by atoms with Crippen LogP contribution >= 0.6 is 11.6 Å². The molecule has 4 N–H and O–H groups in total. The first-order chi connectivity index (χ1) is 20.3. The average Bonchev–Trinajstić information content (AvgIpc) is 3.30. The number of H-pyrrole nitrogens is 1. The SMILES string of the molecule is Cc1[nH]c2ccccc2c1-c1nc(NC2CCCC(NC(=O)c3ccc(NC(=O)C=CCN(C)C)cc3)C2)ncc1Cl. The van der Waals surface area contributed by atoms with Gasteiger partial charge in [-0.25, -0.2) is 9.97 Å². The van der Waals surface area contributed by atoms with Crippen LogP contribution in [-0.4, -0.2) is 64.4 Å². The van der Waals surface area contributed by atoms with Gasteiger partial charge in [0, 0.05) is 58.1 Å². The predicted octanol–water partition coefficient (Wildman–Crippen LogP) is 5.80. The molecule has 1 saturated carbocycles. The second kappa shape index (κ2) is 13.2. The summed E-state index contributed by atoms with van der Waals surface area (Å²) in [5, 5.41) is 11.0. The molecule has 218 valence electrons. The number of anilines is 2. The Labute approximate surface area is 250 Å². The lowest BCUT2D eigenvalue weighted by Gasteiger charge is -2.30. The minimum absolute atomic E-state index is 0.0209. The van der Waals surface area contributed by atoms with Crippen molar-refractivity contribution in [2.75, 3.05) is 31.3 Å². The molecule has 2 aromatic carbocycles. The van der Waals surface area contributed by atoms with Gasteiger partial charge < -0.3 is 25.8 Å². The molecule has 42 heavy (non-hydrogen) atoms. The predicted molar refractivity (Wildman–Crippen MR) is 169 cm³/mol. The molecule has 1 aliphatic rings. The summed E-state index contributed by atoms with van der Waals surface area (Å²) in [5.41, 5.74) is 4.88. The number of aromatic amines is 1. The lowest BCUT2D eigenvalue weighted by Crippen LogP contribution is -2.42. The van der Waals surface area contributed by atoms with Gasteiger partial charge in [0.05, 0.1) is 16.9 Å². The van der Waals surface area contributed by atoms with Crippen molar-refractivity contribution < 1.29 is 9.59 Å². The van der Waals surface area contributed by atoms with Crippen LogP contribution in [0.25, 0.3) is 22.2 Å². The normalized spacial score (nSPS) is 17.1. The zero-order valence-corrected chi connectivity index (χ0v) is 24.8. The largest absolute Gasteiger partial charge is 0.358 e. The Morgan fingerprint density at radius 3 is 2.64 bits per heavy atom. The number of fused-ring (bicyclic) bond motifs is 1. The third-order valence-electron chi connectivity index (χ3n) is 7.37. The fourth-order valence-corrected chi connectivity index (χ4v) is 5.54. The standard InChI is InChI=1S/C32H36ClN7O2/c1-20-29(25-10-4-5-11-27(25)35-20)30-26(33)19-34-32(39-30)38-24-9-6-8-23(18-24)37-31(42)21-13-15-22(16-14-21)36-28(41)12-7-17-40(2)3/h4-5,7,10-16,19,23-24,35H,6,8-9,17-18H2,1-3H3,(H,36,41)(H,37,42)(H,34,38,39). The summed E-state index contributed by atoms with van der Waals surface area (Å²) in [6.45, 7) is 2.70. The molecule has 2 atom stereocenters. The van der Waals surface area contributed by atoms with Crippen molar-refractivity contribution in [1.29, 1.82) is 0 Å². The number of nitrogens with zero attached hydrogens (tertiary/aromatic N) is 3. The third kappa shape index (κ3) is 7.16. The molecular weight excluding hydrogens is 550 g/mol. The zero-order chi connectivity index (χ0) is 29.6. The molecule has 0 radical (unpaired) electrons. The number of para-hydroxylation sites is 1. The second-order valence-electron chi connectivity index (χ2n) is 11.0. The second-order valence-corrected chi connectivity index (χ2v) is 11.4. The van der Waals surface area contributed by atoms with E-state index >= 15 is 0 Å². The van der Waals surface area contributed by atoms with Crippen LogP contribution in [0, 0.1) is 6.92 Å². The molecule has 0 spiro atoms. The summed E-state index contributed by atoms with van der Waals surface area (Å²) in [6.07, 6.45) is 8.53. The number of nitrogens with one attached hydrogen (secondary N) is 4. The van der Waals surface area contributed by atoms with Crippen molar-refractivity contribution in [3.05, 3.63) is 83.2 Å². The first kappa shape index (κ1) is 29.3. The maximum atomic E-state index is 13.0. The number of carbonyl (C=O) groups excluding carboxylic acids is 2. The summed E-state index contributed by atoms with van der Waals surface area (Å²) in [5.74, 6) is 0.178. The highest BCUT2D eigenvalue weighted by atomic mass is 35.5. The number of amides is 2. The highest BCUT2D eigenvalue weighted by molar-refractivity contribution is 6.33. The number of carbonyl (C=O) groups is 2. The van der Waals surface area contributed by atoms with Crippen molar-refractivity contribution >= 4 is 46.0 Å². The fourth-order valence-electron chi connectivity index (χ4n) is 5.36. The molecule has 5 rings (SSSR count). The van der Waals surface area contributed by atoms with Crippen LogP contribution in [0.2, 0.25) is 5.02 Å². The monoisotopic (exact) mass is 585 g/mol. The molecule has 2 amide bonds. The highest BCUT2D eigenvalue weighted by Gasteiger charge is 2.25. The maximum Gasteiger partial charge on any atom is 0.251 e. The number of rotatable bonds is 9. The van der Waals surface area contributed by atoms with E-state index in [9.17, 15) is 9.59 Å². The molecular formula is C32H36ClN7O2. The van der Waals surface area contributed by atoms with Gasteiger partial charge in [-0.15, -0.1) is 0 Å². The Hall–Kier alpha value is -4.21. The van der Waals surface area contributed by atoms with Crippen molar-refractivity contribution in [2.24, 2.45) is 0 Å². The summed E-state index contributed by atoms with van der Waals surface area (Å²) in [4.78, 5) is 39.7. The van der Waals surface area contributed by atoms with E-state index in [2.05, 4.69) is 32.0 Å². The Kier molecular flexibility index (Phi) is 9.19. The van der Waals surface area contributed by atoms with E-state index in [1.54, 1.807) is 36.5 Å². The number of halogens is 1. The van der Waals surface area contributed by atoms with Crippen molar-refractivity contribution in [3.63, 3.8) is 0 Å². The van der Waals surface area contributed by atoms with Gasteiger partial charge in [-0.1, -0.05) is 35.9 Å². The van der Waals surface area contributed by atoms with E-state index < -0.39 is 0 Å². The lowest BCUT2D eigenvalue weighted by atomic mass is 9.91. The minimum atomic E-state index is -0.205. The van der Waals surface area contributed by atoms with E-state index in [-0.39, 0.29) is 23.9 Å². The number of hydrogen-bond donors (Lipinski definition) is 4. The van der Waals surface area contributed by atoms with Crippen LogP contribution in [-0.2, 0) is 4.79 Å². The Bertz CT molecular complexity index is 1600. The van der Waals surface area contributed by atoms with Gasteiger partial charge in [-0.2, -0.15) is 0 Å². The molecule has 2 heterocycles. The van der Waals surface area contributed by atoms with Crippen molar-refractivity contribution in [3.8, 4) is 11.3 Å². The number of hydrogen-bond acceptors (Lipinski definition) is 6. The average molecular weight is 586 g/mol. The number of aryl methyl sites for hydroxylation is 1. The maximum absolute atomic E-state index is 13.0. The molecule has 2 unspecified atom stereocenters. The van der Waals surface area contributed by atoms with E-state index in [4.69, 9.17) is 16.6 Å². The summed E-state index contributed by atoms with van der Waals surface area (Å²) in [7, 11) is 3.87. The Morgan fingerprint density at radius 2 is 1.86 bits per heavy atom. The van der Waals surface area contributed by atoms with E-state index in [0.29, 0.717) is 34.5 Å². The van der Waals surface area contributed by atoms with Gasteiger partial charge in [-0.05, 0) is 77.0 Å². The van der Waals surface area contributed by atoms with Gasteiger partial charge in [0.15, 0.2) is 0 Å². The molecule has 0 bridgehead atoms. The van der Waals surface area contributed by atoms with Crippen LogP contribution in [0.5, 0.6) is 0 Å². The van der Waals surface area contributed by atoms with Crippen LogP contribution in [0.15, 0.2) is 66.9 Å². The van der Waals surface area contributed by atoms with E-state index in [1.165, 1.54) is 6.08 Å². The van der Waals surface area contributed by atoms with Gasteiger partial charge in [-0.3, -0.25) is 9.59 Å². The van der Waals surface area contributed by atoms with Crippen LogP contribution in [0.4, 0.5) is 11.6 Å². The van der Waals surface area contributed by atoms with Gasteiger partial charge in [0.25, 0.3) is 5.91 Å². The Balaban J connectivity index is 1.19. The number of aromatic nitrogens is 3. The molecule has 4 aromatic rings. The minimum Gasteiger partial charge on any atom is -0.358 e. The van der Waals surface area contributed by atoms with Crippen molar-refractivity contribution in [1.82, 2.24) is 25.2 Å². The van der Waals surface area contributed by atoms with Crippen molar-refractivity contribution in [2.45, 2.75) is 44.7 Å². The molecule has 9 nitrogen and oxygen atoms in total. The molecule has 1 aliphatic carbocycles. The topological polar surface area (TPSA) is 115 Å². The van der Waals surface area contributed by atoms with Crippen LogP contribution < -0.4 is 16.0 Å². The molecule has 0 saturated heterocycles. The Morgan fingerprint density at radius 1 is 1.10 bits per heavy atom. The summed E-state index contributed by atoms with van der Waals surface area (Å²) < 4.78 is 0. The molecule has 2 aromatic heterocycles. The van der Waals surface area contributed by atoms with E-state index in [0.717, 1.165) is 47.8 Å². The van der Waals surface area contributed by atoms with E-state index in [1.807, 2.05) is 44.1 Å².